The van der Waals surface area contributed by atoms with Crippen LogP contribution in [-0.4, -0.2) is 42.2 Å². The molecule has 1 aliphatic heterocycles. The first-order chi connectivity index (χ1) is 10.1. The summed E-state index contributed by atoms with van der Waals surface area (Å²) >= 11 is 0. The van der Waals surface area contributed by atoms with Crippen molar-refractivity contribution in [2.45, 2.75) is 44.6 Å². The third-order valence-electron chi connectivity index (χ3n) is 4.02. The SMILES string of the molecule is CN(CC[C@H]1CCCCO1)C(=O)CCc1cccc(O)c1. The Kier molecular flexibility index (Phi) is 6.05. The fraction of sp³-hybridized carbons (Fsp3) is 0.588. The monoisotopic (exact) mass is 291 g/mol. The smallest absolute Gasteiger partial charge is 0.222 e. The molecule has 1 saturated heterocycles. The van der Waals surface area contributed by atoms with E-state index in [1.54, 1.807) is 23.1 Å². The summed E-state index contributed by atoms with van der Waals surface area (Å²) in [7, 11) is 1.85. The van der Waals surface area contributed by atoms with Crippen molar-refractivity contribution >= 4 is 5.91 Å². The molecule has 0 aliphatic carbocycles. The molecule has 4 heteroatoms. The number of phenols is 1. The lowest BCUT2D eigenvalue weighted by Gasteiger charge is -2.25. The average molecular weight is 291 g/mol. The Morgan fingerprint density at radius 2 is 2.29 bits per heavy atom. The Bertz CT molecular complexity index is 455. The zero-order valence-corrected chi connectivity index (χ0v) is 12.8. The average Bonchev–Trinajstić information content (AvgIpc) is 2.51. The molecule has 1 atom stereocenters. The van der Waals surface area contributed by atoms with E-state index in [0.29, 0.717) is 18.9 Å². The standard InChI is InChI=1S/C17H25NO3/c1-18(11-10-16-7-2-3-12-21-16)17(20)9-8-14-5-4-6-15(19)13-14/h4-6,13,16,19H,2-3,7-12H2,1H3/t16-/m1/s1. The summed E-state index contributed by atoms with van der Waals surface area (Å²) in [6.07, 6.45) is 5.90. The number of aryl methyl sites for hydroxylation is 1. The summed E-state index contributed by atoms with van der Waals surface area (Å²) in [6.45, 7) is 1.61. The summed E-state index contributed by atoms with van der Waals surface area (Å²) in [6, 6.07) is 7.09. The Labute approximate surface area is 126 Å². The number of carbonyl (C=O) groups excluding carboxylic acids is 1. The molecule has 0 bridgehead atoms. The van der Waals surface area contributed by atoms with Gasteiger partial charge in [0.2, 0.25) is 5.91 Å². The maximum atomic E-state index is 12.1. The topological polar surface area (TPSA) is 49.8 Å². The highest BCUT2D eigenvalue weighted by Gasteiger charge is 2.16. The van der Waals surface area contributed by atoms with Gasteiger partial charge in [0, 0.05) is 26.6 Å². The van der Waals surface area contributed by atoms with Crippen LogP contribution in [0.1, 0.15) is 37.7 Å². The number of aromatic hydroxyl groups is 1. The van der Waals surface area contributed by atoms with E-state index in [9.17, 15) is 9.90 Å². The lowest BCUT2D eigenvalue weighted by atomic mass is 10.1. The molecular weight excluding hydrogens is 266 g/mol. The summed E-state index contributed by atoms with van der Waals surface area (Å²) in [5, 5.41) is 9.41. The van der Waals surface area contributed by atoms with Gasteiger partial charge < -0.3 is 14.7 Å². The number of benzene rings is 1. The molecule has 1 heterocycles. The van der Waals surface area contributed by atoms with Crippen molar-refractivity contribution in [3.63, 3.8) is 0 Å². The Morgan fingerprint density at radius 1 is 1.43 bits per heavy atom. The van der Waals surface area contributed by atoms with Crippen LogP contribution in [-0.2, 0) is 16.0 Å². The van der Waals surface area contributed by atoms with E-state index in [-0.39, 0.29) is 11.7 Å². The summed E-state index contributed by atoms with van der Waals surface area (Å²) in [4.78, 5) is 13.9. The number of carbonyl (C=O) groups is 1. The molecule has 0 saturated carbocycles. The molecule has 0 radical (unpaired) electrons. The second kappa shape index (κ2) is 8.03. The van der Waals surface area contributed by atoms with Gasteiger partial charge in [0.05, 0.1) is 6.10 Å². The van der Waals surface area contributed by atoms with Gasteiger partial charge in [-0.25, -0.2) is 0 Å². The van der Waals surface area contributed by atoms with Gasteiger partial charge in [0.25, 0.3) is 0 Å². The largest absolute Gasteiger partial charge is 0.508 e. The molecule has 0 aromatic heterocycles. The number of hydrogen-bond donors (Lipinski definition) is 1. The molecule has 1 aliphatic rings. The van der Waals surface area contributed by atoms with Crippen LogP contribution in [0.4, 0.5) is 0 Å². The summed E-state index contributed by atoms with van der Waals surface area (Å²) in [5.74, 6) is 0.400. The van der Waals surface area contributed by atoms with Gasteiger partial charge >= 0.3 is 0 Å². The minimum atomic E-state index is 0.147. The van der Waals surface area contributed by atoms with Crippen LogP contribution < -0.4 is 0 Å². The number of phenolic OH excluding ortho intramolecular Hbond substituents is 1. The third kappa shape index (κ3) is 5.38. The maximum absolute atomic E-state index is 12.1. The second-order valence-corrected chi connectivity index (χ2v) is 5.76. The van der Waals surface area contributed by atoms with E-state index in [0.717, 1.165) is 38.0 Å². The Morgan fingerprint density at radius 3 is 3.00 bits per heavy atom. The van der Waals surface area contributed by atoms with Crippen LogP contribution in [0.3, 0.4) is 0 Å². The first kappa shape index (κ1) is 15.8. The van der Waals surface area contributed by atoms with Crippen molar-refractivity contribution < 1.29 is 14.6 Å². The summed E-state index contributed by atoms with van der Waals surface area (Å²) in [5.41, 5.74) is 0.993. The molecule has 0 unspecified atom stereocenters. The molecule has 1 amide bonds. The molecule has 2 rings (SSSR count). The highest BCUT2D eigenvalue weighted by molar-refractivity contribution is 5.76. The van der Waals surface area contributed by atoms with Crippen LogP contribution in [0, 0.1) is 0 Å². The van der Waals surface area contributed by atoms with Crippen LogP contribution in [0.25, 0.3) is 0 Å². The maximum Gasteiger partial charge on any atom is 0.222 e. The molecule has 4 nitrogen and oxygen atoms in total. The minimum absolute atomic E-state index is 0.147. The number of hydrogen-bond acceptors (Lipinski definition) is 3. The zero-order valence-electron chi connectivity index (χ0n) is 12.8. The predicted molar refractivity (Wildman–Crippen MR) is 82.3 cm³/mol. The predicted octanol–water partition coefficient (Wildman–Crippen LogP) is 2.74. The van der Waals surface area contributed by atoms with Gasteiger partial charge in [-0.05, 0) is 49.8 Å². The van der Waals surface area contributed by atoms with Crippen molar-refractivity contribution in [3.8, 4) is 5.75 Å². The van der Waals surface area contributed by atoms with Crippen molar-refractivity contribution in [1.82, 2.24) is 4.90 Å². The van der Waals surface area contributed by atoms with Crippen LogP contribution >= 0.6 is 0 Å². The highest BCUT2D eigenvalue weighted by Crippen LogP contribution is 2.16. The quantitative estimate of drug-likeness (QED) is 0.876. The fourth-order valence-corrected chi connectivity index (χ4v) is 2.65. The van der Waals surface area contributed by atoms with E-state index >= 15 is 0 Å². The second-order valence-electron chi connectivity index (χ2n) is 5.76. The lowest BCUT2D eigenvalue weighted by Crippen LogP contribution is -2.31. The van der Waals surface area contributed by atoms with E-state index in [2.05, 4.69) is 0 Å². The van der Waals surface area contributed by atoms with Gasteiger partial charge in [-0.15, -0.1) is 0 Å². The van der Waals surface area contributed by atoms with Gasteiger partial charge in [0.15, 0.2) is 0 Å². The lowest BCUT2D eigenvalue weighted by molar-refractivity contribution is -0.130. The van der Waals surface area contributed by atoms with Crippen molar-refractivity contribution in [2.24, 2.45) is 0 Å². The molecule has 21 heavy (non-hydrogen) atoms. The number of amides is 1. The van der Waals surface area contributed by atoms with Gasteiger partial charge in [-0.1, -0.05) is 12.1 Å². The Hall–Kier alpha value is -1.55. The molecule has 1 aromatic carbocycles. The molecule has 1 fully saturated rings. The fourth-order valence-electron chi connectivity index (χ4n) is 2.65. The van der Waals surface area contributed by atoms with E-state index in [4.69, 9.17) is 4.74 Å². The van der Waals surface area contributed by atoms with Crippen molar-refractivity contribution in [3.05, 3.63) is 29.8 Å². The third-order valence-corrected chi connectivity index (χ3v) is 4.02. The van der Waals surface area contributed by atoms with Crippen LogP contribution in [0.2, 0.25) is 0 Å². The van der Waals surface area contributed by atoms with Crippen molar-refractivity contribution in [1.29, 1.82) is 0 Å². The van der Waals surface area contributed by atoms with E-state index in [1.807, 2.05) is 13.1 Å². The molecule has 116 valence electrons. The first-order valence-corrected chi connectivity index (χ1v) is 7.78. The number of rotatable bonds is 6. The molecule has 0 spiro atoms. The van der Waals surface area contributed by atoms with E-state index in [1.165, 1.54) is 6.42 Å². The van der Waals surface area contributed by atoms with E-state index < -0.39 is 0 Å². The van der Waals surface area contributed by atoms with Gasteiger partial charge in [0.1, 0.15) is 5.75 Å². The van der Waals surface area contributed by atoms with Gasteiger partial charge in [-0.2, -0.15) is 0 Å². The van der Waals surface area contributed by atoms with Crippen LogP contribution in [0.5, 0.6) is 5.75 Å². The highest BCUT2D eigenvalue weighted by atomic mass is 16.5. The van der Waals surface area contributed by atoms with Crippen molar-refractivity contribution in [2.75, 3.05) is 20.2 Å². The van der Waals surface area contributed by atoms with Gasteiger partial charge in [-0.3, -0.25) is 4.79 Å². The van der Waals surface area contributed by atoms with Crippen LogP contribution in [0.15, 0.2) is 24.3 Å². The zero-order chi connectivity index (χ0) is 15.1. The number of nitrogens with zero attached hydrogens (tertiary/aromatic N) is 1. The molecule has 1 N–H and O–H groups in total. The molecular formula is C17H25NO3. The normalized spacial score (nSPS) is 18.4. The number of ether oxygens (including phenoxy) is 1. The first-order valence-electron chi connectivity index (χ1n) is 7.78. The Balaban J connectivity index is 1.69. The molecule has 1 aromatic rings. The minimum Gasteiger partial charge on any atom is -0.508 e. The summed E-state index contributed by atoms with van der Waals surface area (Å²) < 4.78 is 5.68.